The van der Waals surface area contributed by atoms with Crippen LogP contribution in [0.15, 0.2) is 4.99 Å². The van der Waals surface area contributed by atoms with E-state index in [1.807, 2.05) is 0 Å². The van der Waals surface area contributed by atoms with Gasteiger partial charge < -0.3 is 28.5 Å². The summed E-state index contributed by atoms with van der Waals surface area (Å²) in [6.07, 6.45) is -0.0256. The largest absolute Gasteiger partial charge is 1.00 e. The number of rotatable bonds is 8. The van der Waals surface area contributed by atoms with Crippen molar-refractivity contribution in [3.05, 3.63) is 0 Å². The second kappa shape index (κ2) is 10.7. The first kappa shape index (κ1) is 20.1. The molecule has 2 atom stereocenters. The summed E-state index contributed by atoms with van der Waals surface area (Å²) in [5.41, 5.74) is 15.8. The molecule has 0 radical (unpaired) electrons. The van der Waals surface area contributed by atoms with E-state index in [1.165, 1.54) is 6.92 Å². The molecule has 1 unspecified atom stereocenters. The predicted molar refractivity (Wildman–Crippen MR) is 66.8 cm³/mol. The number of hydrogen-bond donors (Lipinski definition) is 4. The van der Waals surface area contributed by atoms with E-state index in [4.69, 9.17) is 27.0 Å². The van der Waals surface area contributed by atoms with Crippen LogP contribution in [0.2, 0.25) is 0 Å². The molecule has 0 aliphatic heterocycles. The zero-order chi connectivity index (χ0) is 14.1. The van der Waals surface area contributed by atoms with Crippen LogP contribution in [0.4, 0.5) is 0 Å². The Hall–Kier alpha value is -1.23. The molecule has 0 fully saturated rings. The summed E-state index contributed by atoms with van der Waals surface area (Å²) in [5, 5.41) is 8.50. The number of esters is 1. The monoisotopic (exact) mass is 268 g/mol. The first-order valence-corrected chi connectivity index (χ1v) is 5.56. The summed E-state index contributed by atoms with van der Waals surface area (Å²) in [7, 11) is 0. The third-order valence-corrected chi connectivity index (χ3v) is 2.05. The van der Waals surface area contributed by atoms with E-state index < -0.39 is 24.1 Å². The van der Waals surface area contributed by atoms with Gasteiger partial charge in [-0.25, -0.2) is 0 Å². The molecule has 19 heavy (non-hydrogen) atoms. The normalized spacial score (nSPS) is 12.7. The van der Waals surface area contributed by atoms with Gasteiger partial charge in [0.15, 0.2) is 5.96 Å². The van der Waals surface area contributed by atoms with Crippen LogP contribution in [0, 0.1) is 0 Å². The number of ether oxygens (including phenoxy) is 1. The minimum absolute atomic E-state index is 0. The molecule has 0 spiro atoms. The summed E-state index contributed by atoms with van der Waals surface area (Å²) >= 11 is 0. The maximum Gasteiger partial charge on any atom is 1.00 e. The summed E-state index contributed by atoms with van der Waals surface area (Å²) < 4.78 is 4.87. The van der Waals surface area contributed by atoms with E-state index in [9.17, 15) is 9.59 Å². The van der Waals surface area contributed by atoms with Crippen LogP contribution < -0.4 is 36.1 Å². The molecule has 0 aromatic carbocycles. The van der Waals surface area contributed by atoms with Crippen LogP contribution in [0.3, 0.4) is 0 Å². The van der Waals surface area contributed by atoms with E-state index >= 15 is 0 Å². The predicted octanol–water partition coefficient (Wildman–Crippen LogP) is -4.11. The Morgan fingerprint density at radius 1 is 1.42 bits per heavy atom. The van der Waals surface area contributed by atoms with Gasteiger partial charge in [0.25, 0.3) is 0 Å². The molecule has 9 heteroatoms. The first-order valence-electron chi connectivity index (χ1n) is 5.56. The molecule has 0 amide bonds. The number of carboxylic acids is 1. The second-order valence-electron chi connectivity index (χ2n) is 3.90. The van der Waals surface area contributed by atoms with Crippen molar-refractivity contribution < 1.29 is 39.7 Å². The number of nitrogens with two attached hydrogens (primary N) is 3. The average Bonchev–Trinajstić information content (AvgIpc) is 2.22. The molecule has 0 saturated heterocycles. The molecule has 0 rings (SSSR count). The van der Waals surface area contributed by atoms with Crippen molar-refractivity contribution in [2.24, 2.45) is 22.2 Å². The summed E-state index contributed by atoms with van der Waals surface area (Å²) in [6.45, 7) is 1.88. The Bertz CT molecular complexity index is 326. The zero-order valence-electron chi connectivity index (χ0n) is 12.3. The molecule has 0 aromatic heterocycles. The summed E-state index contributed by atoms with van der Waals surface area (Å²) in [6, 6.07) is -0.796. The summed E-state index contributed by atoms with van der Waals surface area (Å²) in [4.78, 5) is 25.6. The minimum Gasteiger partial charge on any atom is -1.00 e. The Kier molecular flexibility index (Phi) is 11.3. The third kappa shape index (κ3) is 11.6. The third-order valence-electron chi connectivity index (χ3n) is 2.05. The SMILES string of the molecule is CC(CC(=O)O)OC(=O)[C@@H](N)CCCN=C(N)N.[H-].[Li+]. The van der Waals surface area contributed by atoms with Gasteiger partial charge in [0.1, 0.15) is 12.1 Å². The van der Waals surface area contributed by atoms with E-state index in [0.717, 1.165) is 0 Å². The van der Waals surface area contributed by atoms with Crippen LogP contribution >= 0.6 is 0 Å². The van der Waals surface area contributed by atoms with Gasteiger partial charge in [-0.3, -0.25) is 14.6 Å². The fraction of sp³-hybridized carbons (Fsp3) is 0.700. The molecule has 106 valence electrons. The van der Waals surface area contributed by atoms with Crippen LogP contribution in [0.25, 0.3) is 0 Å². The van der Waals surface area contributed by atoms with Gasteiger partial charge >= 0.3 is 30.8 Å². The number of hydrogen-bond acceptors (Lipinski definition) is 5. The average molecular weight is 268 g/mol. The zero-order valence-corrected chi connectivity index (χ0v) is 11.3. The second-order valence-corrected chi connectivity index (χ2v) is 3.90. The quantitative estimate of drug-likeness (QED) is 0.115. The Balaban J connectivity index is -0.00000144. The van der Waals surface area contributed by atoms with Crippen molar-refractivity contribution in [2.75, 3.05) is 6.54 Å². The van der Waals surface area contributed by atoms with E-state index in [-0.39, 0.29) is 32.7 Å². The van der Waals surface area contributed by atoms with Crippen LogP contribution in [0.5, 0.6) is 0 Å². The van der Waals surface area contributed by atoms with Crippen molar-refractivity contribution in [1.82, 2.24) is 0 Å². The van der Waals surface area contributed by atoms with Crippen molar-refractivity contribution in [3.63, 3.8) is 0 Å². The topological polar surface area (TPSA) is 154 Å². The molecule has 0 saturated carbocycles. The van der Waals surface area contributed by atoms with Gasteiger partial charge in [0.05, 0.1) is 6.42 Å². The molecule has 7 N–H and O–H groups in total. The van der Waals surface area contributed by atoms with Gasteiger partial charge in [-0.1, -0.05) is 0 Å². The van der Waals surface area contributed by atoms with Gasteiger partial charge in [-0.15, -0.1) is 0 Å². The van der Waals surface area contributed by atoms with Gasteiger partial charge in [0.2, 0.25) is 0 Å². The molecular weight excluding hydrogens is 247 g/mol. The van der Waals surface area contributed by atoms with Crippen LogP contribution in [-0.2, 0) is 14.3 Å². The van der Waals surface area contributed by atoms with Gasteiger partial charge in [-0.2, -0.15) is 0 Å². The fourth-order valence-electron chi connectivity index (χ4n) is 1.21. The van der Waals surface area contributed by atoms with Crippen LogP contribution in [-0.4, -0.2) is 41.7 Å². The number of aliphatic carboxylic acids is 1. The Labute approximate surface area is 125 Å². The van der Waals surface area contributed by atoms with Crippen molar-refractivity contribution >= 4 is 17.9 Å². The maximum atomic E-state index is 11.4. The smallest absolute Gasteiger partial charge is 1.00 e. The molecule has 0 heterocycles. The van der Waals surface area contributed by atoms with Crippen molar-refractivity contribution in [3.8, 4) is 0 Å². The number of guanidine groups is 1. The van der Waals surface area contributed by atoms with Gasteiger partial charge in [-0.05, 0) is 19.8 Å². The standard InChI is InChI=1S/C10H20N4O4.Li.H/c1-6(5-8(15)16)18-9(17)7(11)3-2-4-14-10(12)13;;/h6-7H,2-5,11H2,1H3,(H,15,16)(H4,12,13,14);;/q;+1;-1/t6?,7-;;/m0../s1. The number of carboxylic acid groups (broad SMARTS) is 1. The number of carbonyl (C=O) groups excluding carboxylic acids is 1. The Morgan fingerprint density at radius 2 is 2.00 bits per heavy atom. The van der Waals surface area contributed by atoms with E-state index in [2.05, 4.69) is 4.99 Å². The number of carbonyl (C=O) groups is 2. The molecule has 0 aliphatic rings. The van der Waals surface area contributed by atoms with Gasteiger partial charge in [0, 0.05) is 6.54 Å². The van der Waals surface area contributed by atoms with Crippen LogP contribution in [0.1, 0.15) is 27.6 Å². The maximum absolute atomic E-state index is 11.4. The van der Waals surface area contributed by atoms with E-state index in [1.54, 1.807) is 0 Å². The Morgan fingerprint density at radius 3 is 2.47 bits per heavy atom. The number of aliphatic imine (C=N–C) groups is 1. The van der Waals surface area contributed by atoms with Crippen molar-refractivity contribution in [1.29, 1.82) is 0 Å². The minimum atomic E-state index is -1.03. The summed E-state index contributed by atoms with van der Waals surface area (Å²) in [5.74, 6) is -1.66. The fourth-order valence-corrected chi connectivity index (χ4v) is 1.21. The molecule has 0 aromatic rings. The first-order chi connectivity index (χ1) is 8.32. The molecule has 0 bridgehead atoms. The molecule has 0 aliphatic carbocycles. The number of nitrogens with zero attached hydrogens (tertiary/aromatic N) is 1. The van der Waals surface area contributed by atoms with Crippen molar-refractivity contribution in [2.45, 2.75) is 38.3 Å². The molecule has 8 nitrogen and oxygen atoms in total. The molecular formula is C10H21LiN4O4. The van der Waals surface area contributed by atoms with E-state index in [0.29, 0.717) is 19.4 Å².